The molecule has 0 amide bonds. The first-order valence-corrected chi connectivity index (χ1v) is 7.79. The van der Waals surface area contributed by atoms with E-state index in [9.17, 15) is 0 Å². The van der Waals surface area contributed by atoms with Gasteiger partial charge in [-0.3, -0.25) is 4.90 Å². The van der Waals surface area contributed by atoms with Gasteiger partial charge in [0, 0.05) is 19.1 Å². The minimum absolute atomic E-state index is 0.407. The lowest BCUT2D eigenvalue weighted by Crippen LogP contribution is -2.35. The molecule has 2 nitrogen and oxygen atoms in total. The molecule has 1 aromatic rings. The topological polar surface area (TPSA) is 29.3 Å². The van der Waals surface area contributed by atoms with E-state index in [1.165, 1.54) is 44.3 Å². The van der Waals surface area contributed by atoms with E-state index in [0.29, 0.717) is 6.04 Å². The summed E-state index contributed by atoms with van der Waals surface area (Å²) in [5.74, 6) is 0.857. The summed E-state index contributed by atoms with van der Waals surface area (Å²) in [6.45, 7) is 5.81. The van der Waals surface area contributed by atoms with Crippen molar-refractivity contribution >= 4 is 0 Å². The van der Waals surface area contributed by atoms with Crippen LogP contribution in [0.25, 0.3) is 0 Å². The van der Waals surface area contributed by atoms with Crippen LogP contribution in [-0.4, -0.2) is 24.0 Å². The number of rotatable bonds is 6. The molecule has 0 bridgehead atoms. The molecule has 1 aliphatic rings. The van der Waals surface area contributed by atoms with Crippen molar-refractivity contribution < 1.29 is 0 Å². The molecular weight excluding hydrogens is 232 g/mol. The fourth-order valence-corrected chi connectivity index (χ4v) is 3.03. The standard InChI is InChI=1S/C17H28N2/c1-2-17(18)11-10-16-9-6-12-19(14-16)13-15-7-4-3-5-8-15/h3-5,7-8,16-17H,2,6,9-14,18H2,1H3. The second-order valence-electron chi connectivity index (χ2n) is 5.97. The van der Waals surface area contributed by atoms with Gasteiger partial charge in [0.2, 0.25) is 0 Å². The van der Waals surface area contributed by atoms with Crippen LogP contribution < -0.4 is 5.73 Å². The molecule has 2 N–H and O–H groups in total. The quantitative estimate of drug-likeness (QED) is 0.849. The van der Waals surface area contributed by atoms with Crippen LogP contribution in [0.1, 0.15) is 44.6 Å². The van der Waals surface area contributed by atoms with Gasteiger partial charge < -0.3 is 5.73 Å². The smallest absolute Gasteiger partial charge is 0.0233 e. The molecule has 1 aromatic carbocycles. The number of piperidine rings is 1. The van der Waals surface area contributed by atoms with E-state index in [0.717, 1.165) is 18.9 Å². The van der Waals surface area contributed by atoms with E-state index in [1.807, 2.05) is 0 Å². The van der Waals surface area contributed by atoms with Gasteiger partial charge in [-0.15, -0.1) is 0 Å². The zero-order chi connectivity index (χ0) is 13.5. The Balaban J connectivity index is 1.77. The monoisotopic (exact) mass is 260 g/mol. The van der Waals surface area contributed by atoms with Crippen LogP contribution in [0.5, 0.6) is 0 Å². The maximum Gasteiger partial charge on any atom is 0.0233 e. The summed E-state index contributed by atoms with van der Waals surface area (Å²) in [5.41, 5.74) is 7.47. The minimum atomic E-state index is 0.407. The molecule has 0 aliphatic carbocycles. The van der Waals surface area contributed by atoms with Crippen molar-refractivity contribution in [2.75, 3.05) is 13.1 Å². The first-order valence-electron chi connectivity index (χ1n) is 7.79. The van der Waals surface area contributed by atoms with Crippen LogP contribution in [0.4, 0.5) is 0 Å². The zero-order valence-electron chi connectivity index (χ0n) is 12.2. The van der Waals surface area contributed by atoms with E-state index >= 15 is 0 Å². The lowest BCUT2D eigenvalue weighted by Gasteiger charge is -2.33. The maximum atomic E-state index is 6.03. The van der Waals surface area contributed by atoms with Gasteiger partial charge in [0.1, 0.15) is 0 Å². The van der Waals surface area contributed by atoms with E-state index in [4.69, 9.17) is 5.73 Å². The molecule has 1 saturated heterocycles. The first kappa shape index (κ1) is 14.5. The van der Waals surface area contributed by atoms with Crippen LogP contribution in [0, 0.1) is 5.92 Å². The number of hydrogen-bond acceptors (Lipinski definition) is 2. The summed E-state index contributed by atoms with van der Waals surface area (Å²) in [6.07, 6.45) is 6.35. The average molecular weight is 260 g/mol. The van der Waals surface area contributed by atoms with Gasteiger partial charge >= 0.3 is 0 Å². The summed E-state index contributed by atoms with van der Waals surface area (Å²) in [7, 11) is 0. The molecule has 19 heavy (non-hydrogen) atoms. The highest BCUT2D eigenvalue weighted by molar-refractivity contribution is 5.14. The largest absolute Gasteiger partial charge is 0.328 e. The summed E-state index contributed by atoms with van der Waals surface area (Å²) in [4.78, 5) is 2.61. The van der Waals surface area contributed by atoms with E-state index in [-0.39, 0.29) is 0 Å². The van der Waals surface area contributed by atoms with Gasteiger partial charge in [-0.05, 0) is 50.1 Å². The molecule has 2 rings (SSSR count). The molecule has 0 spiro atoms. The van der Waals surface area contributed by atoms with Gasteiger partial charge in [0.15, 0.2) is 0 Å². The predicted molar refractivity (Wildman–Crippen MR) is 81.9 cm³/mol. The van der Waals surface area contributed by atoms with Crippen LogP contribution in [-0.2, 0) is 6.54 Å². The highest BCUT2D eigenvalue weighted by Crippen LogP contribution is 2.23. The summed E-state index contributed by atoms with van der Waals surface area (Å²) in [5, 5.41) is 0. The Morgan fingerprint density at radius 3 is 2.84 bits per heavy atom. The van der Waals surface area contributed by atoms with Crippen molar-refractivity contribution in [2.45, 2.75) is 51.6 Å². The molecule has 1 heterocycles. The highest BCUT2D eigenvalue weighted by Gasteiger charge is 2.20. The molecule has 2 atom stereocenters. The number of nitrogens with two attached hydrogens (primary N) is 1. The molecule has 0 saturated carbocycles. The second-order valence-corrected chi connectivity index (χ2v) is 5.97. The van der Waals surface area contributed by atoms with Crippen molar-refractivity contribution in [3.05, 3.63) is 35.9 Å². The van der Waals surface area contributed by atoms with Crippen LogP contribution in [0.3, 0.4) is 0 Å². The van der Waals surface area contributed by atoms with Crippen molar-refractivity contribution in [3.63, 3.8) is 0 Å². The SMILES string of the molecule is CCC(N)CCC1CCCN(Cc2ccccc2)C1. The Bertz CT molecular complexity index is 350. The molecule has 0 aromatic heterocycles. The molecule has 106 valence electrons. The lowest BCUT2D eigenvalue weighted by atomic mass is 9.91. The summed E-state index contributed by atoms with van der Waals surface area (Å²) in [6, 6.07) is 11.2. The predicted octanol–water partition coefficient (Wildman–Crippen LogP) is 3.42. The third-order valence-electron chi connectivity index (χ3n) is 4.32. The Labute approximate surface area is 118 Å². The summed E-state index contributed by atoms with van der Waals surface area (Å²) >= 11 is 0. The summed E-state index contributed by atoms with van der Waals surface area (Å²) < 4.78 is 0. The van der Waals surface area contributed by atoms with Crippen molar-refractivity contribution in [1.82, 2.24) is 4.90 Å². The van der Waals surface area contributed by atoms with Gasteiger partial charge in [-0.2, -0.15) is 0 Å². The Hall–Kier alpha value is -0.860. The number of likely N-dealkylation sites (tertiary alicyclic amines) is 1. The fraction of sp³-hybridized carbons (Fsp3) is 0.647. The van der Waals surface area contributed by atoms with Gasteiger partial charge in [-0.25, -0.2) is 0 Å². The van der Waals surface area contributed by atoms with Crippen molar-refractivity contribution in [1.29, 1.82) is 0 Å². The number of hydrogen-bond donors (Lipinski definition) is 1. The van der Waals surface area contributed by atoms with Gasteiger partial charge in [0.25, 0.3) is 0 Å². The zero-order valence-corrected chi connectivity index (χ0v) is 12.2. The first-order chi connectivity index (χ1) is 9.28. The number of benzene rings is 1. The Morgan fingerprint density at radius 1 is 1.32 bits per heavy atom. The van der Waals surface area contributed by atoms with Crippen LogP contribution in [0.2, 0.25) is 0 Å². The molecule has 2 unspecified atom stereocenters. The molecule has 1 fully saturated rings. The Kier molecular flexibility index (Phi) is 5.87. The second kappa shape index (κ2) is 7.66. The highest BCUT2D eigenvalue weighted by atomic mass is 15.1. The van der Waals surface area contributed by atoms with Crippen LogP contribution in [0.15, 0.2) is 30.3 Å². The Morgan fingerprint density at radius 2 is 2.11 bits per heavy atom. The van der Waals surface area contributed by atoms with Crippen molar-refractivity contribution in [3.8, 4) is 0 Å². The van der Waals surface area contributed by atoms with Crippen molar-refractivity contribution in [2.24, 2.45) is 11.7 Å². The van der Waals surface area contributed by atoms with Gasteiger partial charge in [-0.1, -0.05) is 37.3 Å². The molecular formula is C17H28N2. The fourth-order valence-electron chi connectivity index (χ4n) is 3.03. The molecule has 2 heteroatoms. The normalized spacial score (nSPS) is 22.3. The average Bonchev–Trinajstić information content (AvgIpc) is 2.46. The van der Waals surface area contributed by atoms with E-state index in [2.05, 4.69) is 42.2 Å². The lowest BCUT2D eigenvalue weighted by molar-refractivity contribution is 0.158. The van der Waals surface area contributed by atoms with Gasteiger partial charge in [0.05, 0.1) is 0 Å². The van der Waals surface area contributed by atoms with Crippen LogP contribution >= 0.6 is 0 Å². The third kappa shape index (κ3) is 4.96. The minimum Gasteiger partial charge on any atom is -0.328 e. The third-order valence-corrected chi connectivity index (χ3v) is 4.32. The number of nitrogens with zero attached hydrogens (tertiary/aromatic N) is 1. The van der Waals surface area contributed by atoms with E-state index < -0.39 is 0 Å². The molecule has 0 radical (unpaired) electrons. The maximum absolute atomic E-state index is 6.03. The molecule has 1 aliphatic heterocycles. The van der Waals surface area contributed by atoms with E-state index in [1.54, 1.807) is 0 Å².